The number of hydrogen-bond donors (Lipinski definition) is 5. The molecule has 0 aliphatic carbocycles. The van der Waals surface area contributed by atoms with E-state index in [4.69, 9.17) is 19.0 Å². The Labute approximate surface area is 294 Å². The molecule has 0 atom stereocenters. The number of benzene rings is 4. The molecule has 6 rings (SSSR count). The van der Waals surface area contributed by atoms with Gasteiger partial charge in [0.25, 0.3) is 11.8 Å². The summed E-state index contributed by atoms with van der Waals surface area (Å²) in [5.74, 6) is -0.158. The summed E-state index contributed by atoms with van der Waals surface area (Å²) in [6.07, 6.45) is -0.0260. The van der Waals surface area contributed by atoms with E-state index in [1.165, 1.54) is 6.07 Å². The third kappa shape index (κ3) is 8.00. The summed E-state index contributed by atoms with van der Waals surface area (Å²) in [5, 5.41) is 26.6. The smallest absolute Gasteiger partial charge is 0.431 e. The monoisotopic (exact) mass is 696 g/mol. The van der Waals surface area contributed by atoms with Gasteiger partial charge in [0, 0.05) is 40.7 Å². The number of hydrogen-bond acceptors (Lipinski definition) is 9. The number of hydroxylamine groups is 1. The molecular formula is C38H40N4O9. The van der Waals surface area contributed by atoms with E-state index >= 15 is 0 Å². The van der Waals surface area contributed by atoms with Gasteiger partial charge < -0.3 is 39.6 Å². The third-order valence-corrected chi connectivity index (χ3v) is 8.25. The van der Waals surface area contributed by atoms with Gasteiger partial charge in [0.05, 0.1) is 31.0 Å². The van der Waals surface area contributed by atoms with Crippen LogP contribution in [0, 0.1) is 6.92 Å². The van der Waals surface area contributed by atoms with E-state index in [0.29, 0.717) is 46.6 Å². The number of aromatic nitrogens is 1. The number of amides is 3. The van der Waals surface area contributed by atoms with Gasteiger partial charge >= 0.3 is 6.09 Å². The second kappa shape index (κ2) is 14.6. The number of aromatic hydroxyl groups is 2. The fourth-order valence-corrected chi connectivity index (χ4v) is 6.05. The maximum Gasteiger partial charge on any atom is 0.431 e. The van der Waals surface area contributed by atoms with Crippen molar-refractivity contribution in [1.82, 2.24) is 10.5 Å². The molecule has 2 heterocycles. The molecule has 13 heteroatoms. The number of rotatable bonds is 11. The number of anilines is 2. The van der Waals surface area contributed by atoms with E-state index in [9.17, 15) is 24.6 Å². The van der Waals surface area contributed by atoms with Gasteiger partial charge in [-0.3, -0.25) is 14.4 Å². The minimum Gasteiger partial charge on any atom is -0.507 e. The summed E-state index contributed by atoms with van der Waals surface area (Å²) in [4.78, 5) is 47.9. The lowest BCUT2D eigenvalue weighted by Crippen LogP contribution is -2.33. The van der Waals surface area contributed by atoms with E-state index < -0.39 is 17.6 Å². The number of nitrogens with zero attached hydrogens (tertiary/aromatic N) is 1. The highest BCUT2D eigenvalue weighted by Gasteiger charge is 2.30. The van der Waals surface area contributed by atoms with E-state index in [-0.39, 0.29) is 49.5 Å². The average Bonchev–Trinajstić information content (AvgIpc) is 3.70. The first-order valence-corrected chi connectivity index (χ1v) is 16.5. The molecule has 0 saturated carbocycles. The Balaban J connectivity index is 1.02. The summed E-state index contributed by atoms with van der Waals surface area (Å²) in [7, 11) is 0. The van der Waals surface area contributed by atoms with Gasteiger partial charge in [0.1, 0.15) is 35.2 Å². The maximum atomic E-state index is 13.7. The number of aryl methyl sites for hydroxylation is 1. The predicted octanol–water partition coefficient (Wildman–Crippen LogP) is 6.35. The van der Waals surface area contributed by atoms with Gasteiger partial charge in [-0.25, -0.2) is 4.79 Å². The molecule has 0 radical (unpaired) electrons. The van der Waals surface area contributed by atoms with Gasteiger partial charge in [-0.05, 0) is 87.0 Å². The van der Waals surface area contributed by atoms with Crippen LogP contribution in [0.25, 0.3) is 21.7 Å². The van der Waals surface area contributed by atoms with Crippen molar-refractivity contribution in [2.24, 2.45) is 0 Å². The normalized spacial score (nSPS) is 12.6. The van der Waals surface area contributed by atoms with Crippen LogP contribution in [-0.2, 0) is 20.7 Å². The van der Waals surface area contributed by atoms with Crippen molar-refractivity contribution in [3.05, 3.63) is 89.1 Å². The molecular weight excluding hydrogens is 656 g/mol. The first-order valence-electron chi connectivity index (χ1n) is 16.5. The zero-order chi connectivity index (χ0) is 36.3. The van der Waals surface area contributed by atoms with Gasteiger partial charge in [-0.1, -0.05) is 18.2 Å². The van der Waals surface area contributed by atoms with Crippen LogP contribution in [0.2, 0.25) is 0 Å². The predicted molar refractivity (Wildman–Crippen MR) is 192 cm³/mol. The first-order chi connectivity index (χ1) is 24.4. The number of fused-ring (bicyclic) bond motifs is 4. The molecule has 0 fully saturated rings. The molecule has 0 unspecified atom stereocenters. The van der Waals surface area contributed by atoms with Crippen LogP contribution in [-0.4, -0.2) is 71.7 Å². The van der Waals surface area contributed by atoms with Crippen LogP contribution in [0.5, 0.6) is 17.2 Å². The van der Waals surface area contributed by atoms with Crippen molar-refractivity contribution in [2.75, 3.05) is 43.2 Å². The van der Waals surface area contributed by atoms with Gasteiger partial charge in [-0.2, -0.15) is 5.48 Å². The molecule has 13 nitrogen and oxygen atoms in total. The summed E-state index contributed by atoms with van der Waals surface area (Å²) in [6.45, 7) is 8.60. The summed E-state index contributed by atoms with van der Waals surface area (Å²) >= 11 is 0. The topological polar surface area (TPSA) is 172 Å². The molecule has 0 bridgehead atoms. The second-order valence-electron chi connectivity index (χ2n) is 13.1. The summed E-state index contributed by atoms with van der Waals surface area (Å²) in [5.41, 5.74) is 5.62. The fraction of sp³-hybridized carbons (Fsp3) is 0.289. The molecule has 51 heavy (non-hydrogen) atoms. The standard InChI is InChI=1S/C38H40N4O9/c1-22-6-5-7-28-31(43)21-30-27(33(22)28)12-13-42(30)36(46)29-19-24-18-25(20-32(44)34(24)40-29)39-35(45)23-8-10-26(11-9-23)49-16-14-48-15-17-50-41-37(47)51-38(2,3)4/h5-11,18-21,40,43-44H,12-17H2,1-4H3,(H,39,45)(H,41,47). The van der Waals surface area contributed by atoms with E-state index in [1.54, 1.807) is 68.1 Å². The quantitative estimate of drug-likeness (QED) is 0.0780. The number of aromatic amines is 1. The molecule has 1 aliphatic heterocycles. The molecule has 1 aromatic heterocycles. The third-order valence-electron chi connectivity index (χ3n) is 8.25. The number of carbonyl (C=O) groups excluding carboxylic acids is 3. The molecule has 4 aromatic carbocycles. The highest BCUT2D eigenvalue weighted by molar-refractivity contribution is 6.12. The highest BCUT2D eigenvalue weighted by Crippen LogP contribution is 2.41. The molecule has 5 aromatic rings. The van der Waals surface area contributed by atoms with Crippen LogP contribution in [0.15, 0.2) is 66.7 Å². The molecule has 0 spiro atoms. The molecule has 1 aliphatic rings. The van der Waals surface area contributed by atoms with Crippen LogP contribution in [0.3, 0.4) is 0 Å². The molecule has 3 amide bonds. The lowest BCUT2D eigenvalue weighted by Gasteiger charge is -2.19. The molecule has 266 valence electrons. The van der Waals surface area contributed by atoms with Crippen LogP contribution < -0.4 is 20.4 Å². The second-order valence-corrected chi connectivity index (χ2v) is 13.1. The SMILES string of the molecule is Cc1cccc2c(O)cc3c(c12)CCN3C(=O)c1cc2cc(NC(=O)c3ccc(OCCOCCONC(=O)OC(C)(C)C)cc3)cc(O)c2[nH]1. The Kier molecular flexibility index (Phi) is 10.0. The zero-order valence-electron chi connectivity index (χ0n) is 28.8. The Morgan fingerprint density at radius 2 is 1.69 bits per heavy atom. The van der Waals surface area contributed by atoms with Crippen molar-refractivity contribution in [3.8, 4) is 17.2 Å². The number of phenolic OH excluding ortho intramolecular Hbond substituents is 2. The van der Waals surface area contributed by atoms with Crippen LogP contribution in [0.4, 0.5) is 16.2 Å². The van der Waals surface area contributed by atoms with E-state index in [0.717, 1.165) is 21.9 Å². The Morgan fingerprint density at radius 3 is 2.45 bits per heavy atom. The minimum atomic E-state index is -0.678. The number of phenols is 2. The van der Waals surface area contributed by atoms with Crippen LogP contribution in [0.1, 0.15) is 52.7 Å². The van der Waals surface area contributed by atoms with Crippen LogP contribution >= 0.6 is 0 Å². The van der Waals surface area contributed by atoms with Crippen molar-refractivity contribution in [3.63, 3.8) is 0 Å². The number of nitrogens with one attached hydrogen (secondary N) is 3. The lowest BCUT2D eigenvalue weighted by molar-refractivity contribution is -0.0284. The molecule has 5 N–H and O–H groups in total. The minimum absolute atomic E-state index is 0.115. The zero-order valence-corrected chi connectivity index (χ0v) is 28.8. The fourth-order valence-electron chi connectivity index (χ4n) is 6.05. The molecule has 0 saturated heterocycles. The Hall–Kier alpha value is -5.79. The lowest BCUT2D eigenvalue weighted by atomic mass is 9.97. The largest absolute Gasteiger partial charge is 0.507 e. The maximum absolute atomic E-state index is 13.7. The Morgan fingerprint density at radius 1 is 0.922 bits per heavy atom. The Bertz CT molecular complexity index is 2100. The average molecular weight is 697 g/mol. The van der Waals surface area contributed by atoms with Crippen molar-refractivity contribution in [2.45, 2.75) is 39.7 Å². The van der Waals surface area contributed by atoms with Crippen molar-refractivity contribution < 1.29 is 43.6 Å². The van der Waals surface area contributed by atoms with E-state index in [2.05, 4.69) is 15.8 Å². The summed E-state index contributed by atoms with van der Waals surface area (Å²) < 4.78 is 16.1. The van der Waals surface area contributed by atoms with Crippen molar-refractivity contribution >= 4 is 51.0 Å². The van der Waals surface area contributed by atoms with Crippen molar-refractivity contribution in [1.29, 1.82) is 0 Å². The highest BCUT2D eigenvalue weighted by atomic mass is 16.7. The van der Waals surface area contributed by atoms with Gasteiger partial charge in [-0.15, -0.1) is 0 Å². The summed E-state index contributed by atoms with van der Waals surface area (Å²) in [6, 6.07) is 18.7. The van der Waals surface area contributed by atoms with E-state index in [1.807, 2.05) is 25.1 Å². The number of H-pyrrole nitrogens is 1. The first kappa shape index (κ1) is 35.1. The van der Waals surface area contributed by atoms with Gasteiger partial charge in [0.2, 0.25) is 0 Å². The number of carbonyl (C=O) groups is 3. The van der Waals surface area contributed by atoms with Gasteiger partial charge in [0.15, 0.2) is 0 Å². The number of ether oxygens (including phenoxy) is 3.